The van der Waals surface area contributed by atoms with Crippen LogP contribution in [0, 0.1) is 18.3 Å². The molecule has 14 heavy (non-hydrogen) atoms. The quantitative estimate of drug-likeness (QED) is 0.624. The zero-order valence-corrected chi connectivity index (χ0v) is 8.07. The van der Waals surface area contributed by atoms with Crippen LogP contribution >= 0.6 is 0 Å². The number of hydrogen-bond acceptors (Lipinski definition) is 3. The van der Waals surface area contributed by atoms with E-state index in [0.29, 0.717) is 5.56 Å². The number of nitriles is 1. The largest absolute Gasteiger partial charge is 0.348 e. The predicted octanol–water partition coefficient (Wildman–Crippen LogP) is 1.64. The molecule has 0 N–H and O–H groups in total. The van der Waals surface area contributed by atoms with Gasteiger partial charge in [-0.25, -0.2) is 4.98 Å². The SMILES string of the molecule is Cc1ccc(C#N)c(N2CC=CC2)n1. The maximum Gasteiger partial charge on any atom is 0.147 e. The van der Waals surface area contributed by atoms with E-state index in [2.05, 4.69) is 28.1 Å². The molecule has 0 amide bonds. The van der Waals surface area contributed by atoms with Gasteiger partial charge in [0.05, 0.1) is 5.56 Å². The molecule has 70 valence electrons. The van der Waals surface area contributed by atoms with Gasteiger partial charge in [0.2, 0.25) is 0 Å². The van der Waals surface area contributed by atoms with Crippen molar-refractivity contribution < 1.29 is 0 Å². The Kier molecular flexibility index (Phi) is 2.19. The summed E-state index contributed by atoms with van der Waals surface area (Å²) in [6.45, 7) is 3.64. The molecule has 1 aromatic rings. The summed E-state index contributed by atoms with van der Waals surface area (Å²) in [6, 6.07) is 5.86. The lowest BCUT2D eigenvalue weighted by atomic mass is 10.2. The number of aromatic nitrogens is 1. The summed E-state index contributed by atoms with van der Waals surface area (Å²) in [6.07, 6.45) is 4.18. The molecule has 0 radical (unpaired) electrons. The summed E-state index contributed by atoms with van der Waals surface area (Å²) < 4.78 is 0. The highest BCUT2D eigenvalue weighted by molar-refractivity contribution is 5.56. The highest BCUT2D eigenvalue weighted by Crippen LogP contribution is 2.19. The van der Waals surface area contributed by atoms with Crippen LogP contribution in [-0.4, -0.2) is 18.1 Å². The van der Waals surface area contributed by atoms with Gasteiger partial charge in [-0.1, -0.05) is 12.2 Å². The molecule has 3 nitrogen and oxygen atoms in total. The lowest BCUT2D eigenvalue weighted by Gasteiger charge is -2.17. The molecule has 3 heteroatoms. The fourth-order valence-electron chi connectivity index (χ4n) is 1.52. The zero-order chi connectivity index (χ0) is 9.97. The molecule has 2 heterocycles. The van der Waals surface area contributed by atoms with Crippen LogP contribution in [0.25, 0.3) is 0 Å². The minimum absolute atomic E-state index is 0.652. The first-order valence-electron chi connectivity index (χ1n) is 4.59. The number of nitrogens with zero attached hydrogens (tertiary/aromatic N) is 3. The number of aryl methyl sites for hydroxylation is 1. The molecule has 1 aliphatic rings. The van der Waals surface area contributed by atoms with E-state index < -0.39 is 0 Å². The molecule has 0 bridgehead atoms. The lowest BCUT2D eigenvalue weighted by Crippen LogP contribution is -2.21. The van der Waals surface area contributed by atoms with Crippen molar-refractivity contribution in [2.24, 2.45) is 0 Å². The number of hydrogen-bond donors (Lipinski definition) is 0. The first kappa shape index (κ1) is 8.76. The Balaban J connectivity index is 2.40. The normalized spacial score (nSPS) is 14.4. The van der Waals surface area contributed by atoms with Crippen molar-refractivity contribution in [2.75, 3.05) is 18.0 Å². The molecular weight excluding hydrogens is 174 g/mol. The third-order valence-electron chi connectivity index (χ3n) is 2.25. The summed E-state index contributed by atoms with van der Waals surface area (Å²) in [5, 5.41) is 8.93. The van der Waals surface area contributed by atoms with Gasteiger partial charge >= 0.3 is 0 Å². The van der Waals surface area contributed by atoms with Crippen molar-refractivity contribution >= 4 is 5.82 Å². The van der Waals surface area contributed by atoms with Crippen LogP contribution in [0.2, 0.25) is 0 Å². The molecule has 0 unspecified atom stereocenters. The Labute approximate surface area is 83.3 Å². The molecule has 0 saturated heterocycles. The Morgan fingerprint density at radius 2 is 2.07 bits per heavy atom. The molecule has 0 aliphatic carbocycles. The van der Waals surface area contributed by atoms with E-state index in [1.165, 1.54) is 0 Å². The van der Waals surface area contributed by atoms with Crippen molar-refractivity contribution in [3.63, 3.8) is 0 Å². The van der Waals surface area contributed by atoms with Gasteiger partial charge in [-0.15, -0.1) is 0 Å². The maximum absolute atomic E-state index is 8.93. The van der Waals surface area contributed by atoms with Gasteiger partial charge in [-0.3, -0.25) is 0 Å². The van der Waals surface area contributed by atoms with Gasteiger partial charge in [-0.05, 0) is 19.1 Å². The monoisotopic (exact) mass is 185 g/mol. The maximum atomic E-state index is 8.93. The second-order valence-electron chi connectivity index (χ2n) is 3.31. The summed E-state index contributed by atoms with van der Waals surface area (Å²) in [7, 11) is 0. The number of pyridine rings is 1. The average Bonchev–Trinajstić information content (AvgIpc) is 2.70. The average molecular weight is 185 g/mol. The van der Waals surface area contributed by atoms with Gasteiger partial charge in [-0.2, -0.15) is 5.26 Å². The molecule has 0 atom stereocenters. The topological polar surface area (TPSA) is 39.9 Å². The van der Waals surface area contributed by atoms with Crippen LogP contribution in [0.3, 0.4) is 0 Å². The molecule has 1 aromatic heterocycles. The second kappa shape index (κ2) is 3.51. The van der Waals surface area contributed by atoms with Crippen LogP contribution < -0.4 is 4.90 Å². The molecule has 0 aromatic carbocycles. The van der Waals surface area contributed by atoms with Gasteiger partial charge in [0.25, 0.3) is 0 Å². The summed E-state index contributed by atoms with van der Waals surface area (Å²) in [5.41, 5.74) is 1.60. The minimum atomic E-state index is 0.652. The van der Waals surface area contributed by atoms with Crippen LogP contribution in [0.15, 0.2) is 24.3 Å². The molecule has 0 spiro atoms. The van der Waals surface area contributed by atoms with E-state index >= 15 is 0 Å². The van der Waals surface area contributed by atoms with Gasteiger partial charge in [0.15, 0.2) is 0 Å². The number of rotatable bonds is 1. The zero-order valence-electron chi connectivity index (χ0n) is 8.07. The third kappa shape index (κ3) is 1.47. The predicted molar refractivity (Wildman–Crippen MR) is 55.0 cm³/mol. The third-order valence-corrected chi connectivity index (χ3v) is 2.25. The van der Waals surface area contributed by atoms with Crippen molar-refractivity contribution in [3.8, 4) is 6.07 Å². The standard InChI is InChI=1S/C11H11N3/c1-9-4-5-10(8-12)11(13-9)14-6-2-3-7-14/h2-5H,6-7H2,1H3. The van der Waals surface area contributed by atoms with E-state index in [-0.39, 0.29) is 0 Å². The van der Waals surface area contributed by atoms with Crippen LogP contribution in [0.1, 0.15) is 11.3 Å². The highest BCUT2D eigenvalue weighted by Gasteiger charge is 2.13. The first-order valence-corrected chi connectivity index (χ1v) is 4.59. The Bertz CT molecular complexity index is 407. The Hall–Kier alpha value is -1.82. The second-order valence-corrected chi connectivity index (χ2v) is 3.31. The lowest BCUT2D eigenvalue weighted by molar-refractivity contribution is 0.954. The van der Waals surface area contributed by atoms with Gasteiger partial charge in [0, 0.05) is 18.8 Å². The van der Waals surface area contributed by atoms with E-state index in [1.807, 2.05) is 19.1 Å². The van der Waals surface area contributed by atoms with Crippen LogP contribution in [0.5, 0.6) is 0 Å². The summed E-state index contributed by atoms with van der Waals surface area (Å²) in [5.74, 6) is 0.803. The summed E-state index contributed by atoms with van der Waals surface area (Å²) >= 11 is 0. The van der Waals surface area contributed by atoms with Crippen LogP contribution in [0.4, 0.5) is 5.82 Å². The van der Waals surface area contributed by atoms with E-state index in [1.54, 1.807) is 0 Å². The number of anilines is 1. The van der Waals surface area contributed by atoms with E-state index in [0.717, 1.165) is 24.6 Å². The minimum Gasteiger partial charge on any atom is -0.348 e. The van der Waals surface area contributed by atoms with Crippen molar-refractivity contribution in [3.05, 3.63) is 35.5 Å². The summed E-state index contributed by atoms with van der Waals surface area (Å²) in [4.78, 5) is 6.48. The Morgan fingerprint density at radius 1 is 1.36 bits per heavy atom. The van der Waals surface area contributed by atoms with Crippen molar-refractivity contribution in [1.29, 1.82) is 5.26 Å². The molecule has 1 aliphatic heterocycles. The van der Waals surface area contributed by atoms with Gasteiger partial charge in [0.1, 0.15) is 11.9 Å². The van der Waals surface area contributed by atoms with Crippen molar-refractivity contribution in [2.45, 2.75) is 6.92 Å². The molecule has 0 saturated carbocycles. The first-order chi connectivity index (χ1) is 6.81. The smallest absolute Gasteiger partial charge is 0.147 e. The van der Waals surface area contributed by atoms with E-state index in [4.69, 9.17) is 5.26 Å². The van der Waals surface area contributed by atoms with Crippen molar-refractivity contribution in [1.82, 2.24) is 4.98 Å². The van der Waals surface area contributed by atoms with Gasteiger partial charge < -0.3 is 4.90 Å². The molecular formula is C11H11N3. The van der Waals surface area contributed by atoms with Crippen LogP contribution in [-0.2, 0) is 0 Å². The van der Waals surface area contributed by atoms with E-state index in [9.17, 15) is 0 Å². The molecule has 2 rings (SSSR count). The fraction of sp³-hybridized carbons (Fsp3) is 0.273. The highest BCUT2D eigenvalue weighted by atomic mass is 15.2. The fourth-order valence-corrected chi connectivity index (χ4v) is 1.52. The molecule has 0 fully saturated rings. The Morgan fingerprint density at radius 3 is 2.71 bits per heavy atom.